The zero-order valence-electron chi connectivity index (χ0n) is 33.3. The van der Waals surface area contributed by atoms with Crippen molar-refractivity contribution in [1.82, 2.24) is 5.32 Å². The van der Waals surface area contributed by atoms with Gasteiger partial charge in [0.15, 0.2) is 0 Å². The Morgan fingerprint density at radius 2 is 1.38 bits per heavy atom. The minimum absolute atomic E-state index is 0.0329. The molecule has 0 amide bonds. The Labute approximate surface area is 302 Å². The molecule has 0 bridgehead atoms. The van der Waals surface area contributed by atoms with Gasteiger partial charge in [0.2, 0.25) is 0 Å². The molecule has 274 valence electrons. The fourth-order valence-corrected chi connectivity index (χ4v) is 6.33. The summed E-state index contributed by atoms with van der Waals surface area (Å²) < 4.78 is 17.5. The maximum absolute atomic E-state index is 14.0. The Morgan fingerprint density at radius 1 is 0.833 bits per heavy atom. The summed E-state index contributed by atoms with van der Waals surface area (Å²) in [4.78, 5) is 25.8. The lowest BCUT2D eigenvalue weighted by molar-refractivity contribution is -0.170. The van der Waals surface area contributed by atoms with Crippen molar-refractivity contribution in [2.24, 2.45) is 32.5 Å². The predicted molar refractivity (Wildman–Crippen MR) is 207 cm³/mol. The van der Waals surface area contributed by atoms with Gasteiger partial charge in [-0.1, -0.05) is 126 Å². The first-order chi connectivity index (χ1) is 21.8. The molecular weight excluding hydrogens is 617 g/mol. The first-order valence-corrected chi connectivity index (χ1v) is 18.2. The number of hydrogen-bond acceptors (Lipinski definition) is 7. The molecule has 0 heterocycles. The molecule has 0 saturated heterocycles. The summed E-state index contributed by atoms with van der Waals surface area (Å²) in [5, 5.41) is 2.91. The summed E-state index contributed by atoms with van der Waals surface area (Å²) >= 11 is 4.14. The molecule has 3 atom stereocenters. The number of esters is 2. The third-order valence-corrected chi connectivity index (χ3v) is 10.7. The van der Waals surface area contributed by atoms with E-state index in [2.05, 4.69) is 101 Å². The molecule has 1 aromatic rings. The van der Waals surface area contributed by atoms with E-state index in [0.717, 1.165) is 17.4 Å². The molecule has 0 saturated carbocycles. The average Bonchev–Trinajstić information content (AvgIpc) is 2.96. The van der Waals surface area contributed by atoms with Gasteiger partial charge in [0.25, 0.3) is 0 Å². The highest BCUT2D eigenvalue weighted by molar-refractivity contribution is 7.81. The van der Waals surface area contributed by atoms with E-state index in [1.165, 1.54) is 0 Å². The van der Waals surface area contributed by atoms with Crippen molar-refractivity contribution in [3.63, 3.8) is 0 Å². The van der Waals surface area contributed by atoms with Crippen molar-refractivity contribution in [2.75, 3.05) is 26.4 Å². The van der Waals surface area contributed by atoms with Crippen molar-refractivity contribution in [2.45, 2.75) is 135 Å². The van der Waals surface area contributed by atoms with Crippen LogP contribution in [0.3, 0.4) is 0 Å². The van der Waals surface area contributed by atoms with Crippen molar-refractivity contribution < 1.29 is 23.8 Å². The van der Waals surface area contributed by atoms with Crippen LogP contribution in [0.25, 0.3) is 0 Å². The zero-order chi connectivity index (χ0) is 37.8. The SMILES string of the molecule is CC.[B]c1ccccc1CNCCCOC(=O)C(C)(CC(C)(C)C(C)(C)C(C)(CC(C)(C)C)C(=C)OCCOC(=O)C(C)S)C(C)(C)C. The van der Waals surface area contributed by atoms with E-state index in [4.69, 9.17) is 22.1 Å². The van der Waals surface area contributed by atoms with Crippen molar-refractivity contribution in [3.8, 4) is 0 Å². The second-order valence-electron chi connectivity index (χ2n) is 16.8. The van der Waals surface area contributed by atoms with Gasteiger partial charge in [-0.3, -0.25) is 9.59 Å². The molecule has 1 rings (SSSR count). The third kappa shape index (κ3) is 12.8. The predicted octanol–water partition coefficient (Wildman–Crippen LogP) is 8.86. The molecule has 1 aromatic carbocycles. The number of carbonyl (C=O) groups is 2. The highest BCUT2D eigenvalue weighted by Gasteiger charge is 2.58. The molecule has 2 radical (unpaired) electrons. The zero-order valence-corrected chi connectivity index (χ0v) is 34.2. The minimum atomic E-state index is -0.762. The van der Waals surface area contributed by atoms with Crippen LogP contribution in [0.15, 0.2) is 36.6 Å². The first kappa shape index (κ1) is 46.1. The number of benzene rings is 1. The van der Waals surface area contributed by atoms with Crippen LogP contribution in [0.2, 0.25) is 0 Å². The topological polar surface area (TPSA) is 73.9 Å². The molecule has 48 heavy (non-hydrogen) atoms. The van der Waals surface area contributed by atoms with E-state index in [0.29, 0.717) is 38.3 Å². The van der Waals surface area contributed by atoms with E-state index in [-0.39, 0.29) is 46.8 Å². The molecule has 0 spiro atoms. The van der Waals surface area contributed by atoms with E-state index < -0.39 is 16.1 Å². The van der Waals surface area contributed by atoms with Gasteiger partial charge in [-0.15, -0.1) is 0 Å². The maximum atomic E-state index is 14.0. The van der Waals surface area contributed by atoms with Crippen molar-refractivity contribution in [1.29, 1.82) is 0 Å². The highest BCUT2D eigenvalue weighted by atomic mass is 32.1. The third-order valence-electron chi connectivity index (χ3n) is 10.5. The van der Waals surface area contributed by atoms with Crippen LogP contribution in [0.4, 0.5) is 0 Å². The number of carbonyl (C=O) groups excluding carboxylic acids is 2. The van der Waals surface area contributed by atoms with Gasteiger partial charge in [0.05, 0.1) is 23.0 Å². The van der Waals surface area contributed by atoms with E-state index in [1.54, 1.807) is 6.92 Å². The molecule has 0 fully saturated rings. The number of allylic oxidation sites excluding steroid dienone is 1. The largest absolute Gasteiger partial charge is 0.494 e. The molecule has 8 heteroatoms. The van der Waals surface area contributed by atoms with Gasteiger partial charge in [0, 0.05) is 12.0 Å². The standard InChI is InChI=1S/C38H64BNO5S.C2H6/c1-27(46)31(41)44-23-22-43-28(2)37(13,25-33(3,4)5)36(11,12)35(9,10)26-38(14,34(6,7)8)32(42)45-21-17-20-40-24-29-18-15-16-19-30(29)39;1-2/h15-16,18-19,27,40,46H,2,17,20-26H2,1,3-14H3;1-2H3. The smallest absolute Gasteiger partial charge is 0.318 e. The van der Waals surface area contributed by atoms with Crippen molar-refractivity contribution >= 4 is 37.9 Å². The monoisotopic (exact) mass is 688 g/mol. The van der Waals surface area contributed by atoms with Crippen LogP contribution >= 0.6 is 12.6 Å². The number of ether oxygens (including phenoxy) is 3. The van der Waals surface area contributed by atoms with Crippen LogP contribution in [0.5, 0.6) is 0 Å². The van der Waals surface area contributed by atoms with E-state index >= 15 is 0 Å². The van der Waals surface area contributed by atoms with Gasteiger partial charge >= 0.3 is 11.9 Å². The second kappa shape index (κ2) is 18.9. The summed E-state index contributed by atoms with van der Waals surface area (Å²) in [5.41, 5.74) is -0.540. The van der Waals surface area contributed by atoms with Gasteiger partial charge in [-0.05, 0) is 66.9 Å². The van der Waals surface area contributed by atoms with Crippen LogP contribution in [0, 0.1) is 32.5 Å². The summed E-state index contributed by atoms with van der Waals surface area (Å²) in [6.45, 7) is 38.5. The quantitative estimate of drug-likeness (QED) is 0.0528. The summed E-state index contributed by atoms with van der Waals surface area (Å²) in [5.74, 6) is 0.0997. The Bertz CT molecular complexity index is 1170. The van der Waals surface area contributed by atoms with Crippen LogP contribution in [-0.4, -0.2) is 51.4 Å². The van der Waals surface area contributed by atoms with Crippen LogP contribution in [-0.2, 0) is 30.3 Å². The molecule has 0 aliphatic rings. The first-order valence-electron chi connectivity index (χ1n) is 17.7. The minimum Gasteiger partial charge on any atom is -0.494 e. The molecule has 6 nitrogen and oxygen atoms in total. The fourth-order valence-electron chi connectivity index (χ4n) is 6.25. The molecule has 0 aliphatic heterocycles. The summed E-state index contributed by atoms with van der Waals surface area (Å²) in [6.07, 6.45) is 2.11. The number of thiol groups is 1. The number of hydrogen-bond donors (Lipinski definition) is 2. The fraction of sp³-hybridized carbons (Fsp3) is 0.750. The van der Waals surface area contributed by atoms with Crippen LogP contribution in [0.1, 0.15) is 129 Å². The van der Waals surface area contributed by atoms with E-state index in [1.807, 2.05) is 45.0 Å². The number of rotatable bonds is 18. The molecule has 0 aromatic heterocycles. The Balaban J connectivity index is 0.0000108. The Hall–Kier alpha value is -1.93. The maximum Gasteiger partial charge on any atom is 0.318 e. The lowest BCUT2D eigenvalue weighted by Crippen LogP contribution is -2.53. The van der Waals surface area contributed by atoms with Gasteiger partial charge < -0.3 is 19.5 Å². The lowest BCUT2D eigenvalue weighted by Gasteiger charge is -2.58. The Morgan fingerprint density at radius 3 is 1.88 bits per heavy atom. The summed E-state index contributed by atoms with van der Waals surface area (Å²) in [6, 6.07) is 7.81. The normalized spacial score (nSPS) is 15.6. The molecular formula is C40H70BNO5S. The van der Waals surface area contributed by atoms with Crippen molar-refractivity contribution in [3.05, 3.63) is 42.2 Å². The lowest BCUT2D eigenvalue weighted by atomic mass is 9.46. The second-order valence-corrected chi connectivity index (χ2v) is 17.6. The Kier molecular flexibility index (Phi) is 18.1. The molecule has 1 N–H and O–H groups in total. The van der Waals surface area contributed by atoms with Gasteiger partial charge in [-0.25, -0.2) is 0 Å². The summed E-state index contributed by atoms with van der Waals surface area (Å²) in [7, 11) is 6.05. The van der Waals surface area contributed by atoms with E-state index in [9.17, 15) is 9.59 Å². The molecule has 3 unspecified atom stereocenters. The average molecular weight is 688 g/mol. The van der Waals surface area contributed by atoms with Crippen LogP contribution < -0.4 is 10.8 Å². The van der Waals surface area contributed by atoms with Gasteiger partial charge in [0.1, 0.15) is 21.1 Å². The number of nitrogens with one attached hydrogen (secondary N) is 1. The van der Waals surface area contributed by atoms with Gasteiger partial charge in [-0.2, -0.15) is 12.6 Å². The highest BCUT2D eigenvalue weighted by Crippen LogP contribution is 2.63. The molecule has 0 aliphatic carbocycles.